The van der Waals surface area contributed by atoms with Crippen molar-refractivity contribution in [1.82, 2.24) is 19.7 Å². The molecule has 2 aromatic heterocycles. The van der Waals surface area contributed by atoms with Crippen LogP contribution in [0.3, 0.4) is 0 Å². The van der Waals surface area contributed by atoms with Crippen molar-refractivity contribution < 1.29 is 22.7 Å². The summed E-state index contributed by atoms with van der Waals surface area (Å²) in [6.07, 6.45) is -2.27. The molecule has 3 rings (SSSR count). The number of aromatic nitrogens is 3. The molecule has 1 fully saturated rings. The molecule has 1 aliphatic heterocycles. The Morgan fingerprint density at radius 3 is 2.59 bits per heavy atom. The molecular formula is C18H21F3N4O2. The van der Waals surface area contributed by atoms with Crippen LogP contribution < -0.4 is 0 Å². The molecule has 0 N–H and O–H groups in total. The number of hydrogen-bond donors (Lipinski definition) is 0. The van der Waals surface area contributed by atoms with Gasteiger partial charge < -0.3 is 9.64 Å². The lowest BCUT2D eigenvalue weighted by atomic mass is 10.0. The number of carbonyl (C=O) groups excluding carboxylic acids is 1. The Bertz CT molecular complexity index is 815. The van der Waals surface area contributed by atoms with Crippen molar-refractivity contribution in [3.05, 3.63) is 41.3 Å². The second-order valence-corrected chi connectivity index (χ2v) is 6.85. The van der Waals surface area contributed by atoms with Crippen LogP contribution in [0.4, 0.5) is 13.2 Å². The van der Waals surface area contributed by atoms with Gasteiger partial charge in [-0.2, -0.15) is 18.3 Å². The van der Waals surface area contributed by atoms with Gasteiger partial charge in [-0.25, -0.2) is 9.67 Å². The van der Waals surface area contributed by atoms with Crippen molar-refractivity contribution in [3.8, 4) is 5.82 Å². The lowest BCUT2D eigenvalue weighted by molar-refractivity contribution is -0.137. The quantitative estimate of drug-likeness (QED) is 0.818. The fourth-order valence-corrected chi connectivity index (χ4v) is 3.11. The van der Waals surface area contributed by atoms with Gasteiger partial charge >= 0.3 is 6.18 Å². The second kappa shape index (κ2) is 7.30. The number of ether oxygens (including phenoxy) is 1. The smallest absolute Gasteiger partial charge is 0.375 e. The van der Waals surface area contributed by atoms with Crippen LogP contribution >= 0.6 is 0 Å². The zero-order valence-electron chi connectivity index (χ0n) is 15.3. The summed E-state index contributed by atoms with van der Waals surface area (Å²) in [6, 6.07) is 2.21. The lowest BCUT2D eigenvalue weighted by Gasteiger charge is -2.31. The molecule has 1 aliphatic rings. The summed E-state index contributed by atoms with van der Waals surface area (Å²) in [6.45, 7) is 7.15. The van der Waals surface area contributed by atoms with Crippen LogP contribution in [0.2, 0.25) is 0 Å². The third-order valence-corrected chi connectivity index (χ3v) is 4.40. The lowest BCUT2D eigenvalue weighted by Crippen LogP contribution is -2.44. The Kier molecular flexibility index (Phi) is 5.23. The topological polar surface area (TPSA) is 60.2 Å². The fourth-order valence-electron chi connectivity index (χ4n) is 3.11. The van der Waals surface area contributed by atoms with Gasteiger partial charge in [0.05, 0.1) is 35.7 Å². The number of alkyl halides is 3. The Morgan fingerprint density at radius 1 is 1.30 bits per heavy atom. The van der Waals surface area contributed by atoms with Gasteiger partial charge in [0.25, 0.3) is 5.91 Å². The summed E-state index contributed by atoms with van der Waals surface area (Å²) in [5, 5.41) is 4.23. The van der Waals surface area contributed by atoms with Gasteiger partial charge in [0.15, 0.2) is 5.82 Å². The molecule has 1 amide bonds. The van der Waals surface area contributed by atoms with Crippen molar-refractivity contribution in [2.75, 3.05) is 19.7 Å². The Labute approximate surface area is 154 Å². The van der Waals surface area contributed by atoms with Gasteiger partial charge in [0.1, 0.15) is 0 Å². The van der Waals surface area contributed by atoms with Crippen molar-refractivity contribution in [1.29, 1.82) is 0 Å². The van der Waals surface area contributed by atoms with Crippen molar-refractivity contribution in [2.24, 2.45) is 0 Å². The molecule has 146 valence electrons. The minimum Gasteiger partial charge on any atom is -0.375 e. The first-order valence-corrected chi connectivity index (χ1v) is 8.71. The summed E-state index contributed by atoms with van der Waals surface area (Å²) < 4.78 is 45.2. The van der Waals surface area contributed by atoms with E-state index in [-0.39, 0.29) is 23.7 Å². The van der Waals surface area contributed by atoms with Crippen LogP contribution in [-0.4, -0.2) is 51.4 Å². The molecule has 1 unspecified atom stereocenters. The van der Waals surface area contributed by atoms with E-state index in [1.807, 2.05) is 20.8 Å². The highest BCUT2D eigenvalue weighted by atomic mass is 19.4. The van der Waals surface area contributed by atoms with E-state index in [1.165, 1.54) is 16.9 Å². The maximum atomic E-state index is 12.9. The van der Waals surface area contributed by atoms with E-state index >= 15 is 0 Å². The number of morpholine rings is 1. The first-order chi connectivity index (χ1) is 12.7. The predicted molar refractivity (Wildman–Crippen MR) is 91.8 cm³/mol. The first kappa shape index (κ1) is 19.3. The van der Waals surface area contributed by atoms with E-state index in [9.17, 15) is 18.0 Å². The fraction of sp³-hybridized carbons (Fsp3) is 0.500. The molecule has 1 saturated heterocycles. The largest absolute Gasteiger partial charge is 0.417 e. The van der Waals surface area contributed by atoms with Crippen molar-refractivity contribution in [2.45, 2.75) is 39.0 Å². The molecule has 0 spiro atoms. The molecule has 3 heterocycles. The zero-order chi connectivity index (χ0) is 19.8. The molecule has 6 nitrogen and oxygen atoms in total. The highest BCUT2D eigenvalue weighted by Gasteiger charge is 2.31. The van der Waals surface area contributed by atoms with Gasteiger partial charge in [0.2, 0.25) is 0 Å². The summed E-state index contributed by atoms with van der Waals surface area (Å²) in [5.74, 6) is 0.00196. The average Bonchev–Trinajstić information content (AvgIpc) is 3.05. The number of carbonyl (C=O) groups is 1. The van der Waals surface area contributed by atoms with Crippen LogP contribution in [0.25, 0.3) is 5.82 Å². The standard InChI is InChI=1S/C18H21F3N4O2/c1-11(2)16-14(17(26)24-6-7-27-12(3)10-24)9-23-25(16)15-5-4-13(8-22-15)18(19,20)21/h4-5,8-9,11-12H,6-7,10H2,1-3H3. The molecular weight excluding hydrogens is 361 g/mol. The molecule has 0 aliphatic carbocycles. The van der Waals surface area contributed by atoms with Gasteiger partial charge in [-0.05, 0) is 25.0 Å². The second-order valence-electron chi connectivity index (χ2n) is 6.85. The van der Waals surface area contributed by atoms with E-state index < -0.39 is 11.7 Å². The molecule has 0 radical (unpaired) electrons. The van der Waals surface area contributed by atoms with Crippen molar-refractivity contribution in [3.63, 3.8) is 0 Å². The maximum Gasteiger partial charge on any atom is 0.417 e. The number of pyridine rings is 1. The molecule has 0 saturated carbocycles. The number of halogens is 3. The van der Waals surface area contributed by atoms with Crippen LogP contribution in [-0.2, 0) is 10.9 Å². The average molecular weight is 382 g/mol. The molecule has 27 heavy (non-hydrogen) atoms. The van der Waals surface area contributed by atoms with E-state index in [1.54, 1.807) is 4.90 Å². The van der Waals surface area contributed by atoms with Gasteiger partial charge in [-0.1, -0.05) is 13.8 Å². The third kappa shape index (κ3) is 3.97. The summed E-state index contributed by atoms with van der Waals surface area (Å²) in [5.41, 5.74) is 0.218. The van der Waals surface area contributed by atoms with Gasteiger partial charge in [-0.3, -0.25) is 4.79 Å². The third-order valence-electron chi connectivity index (χ3n) is 4.40. The van der Waals surface area contributed by atoms with Crippen LogP contribution in [0, 0.1) is 0 Å². The summed E-state index contributed by atoms with van der Waals surface area (Å²) >= 11 is 0. The maximum absolute atomic E-state index is 12.9. The minimum absolute atomic E-state index is 0.0446. The number of hydrogen-bond acceptors (Lipinski definition) is 4. The van der Waals surface area contributed by atoms with E-state index in [0.717, 1.165) is 12.3 Å². The van der Waals surface area contributed by atoms with Crippen LogP contribution in [0.15, 0.2) is 24.5 Å². The normalized spacial score (nSPS) is 18.2. The van der Waals surface area contributed by atoms with Crippen LogP contribution in [0.5, 0.6) is 0 Å². The van der Waals surface area contributed by atoms with Gasteiger partial charge in [0, 0.05) is 19.3 Å². The highest BCUT2D eigenvalue weighted by molar-refractivity contribution is 5.95. The highest BCUT2D eigenvalue weighted by Crippen LogP contribution is 2.29. The van der Waals surface area contributed by atoms with E-state index in [2.05, 4.69) is 10.1 Å². The zero-order valence-corrected chi connectivity index (χ0v) is 15.3. The molecule has 1 atom stereocenters. The molecule has 2 aromatic rings. The number of amides is 1. The number of nitrogens with zero attached hydrogens (tertiary/aromatic N) is 4. The minimum atomic E-state index is -4.45. The monoisotopic (exact) mass is 382 g/mol. The number of rotatable bonds is 3. The first-order valence-electron chi connectivity index (χ1n) is 8.71. The molecule has 9 heteroatoms. The molecule has 0 aromatic carbocycles. The predicted octanol–water partition coefficient (Wildman–Crippen LogP) is 3.27. The van der Waals surface area contributed by atoms with Crippen molar-refractivity contribution >= 4 is 5.91 Å². The molecule has 0 bridgehead atoms. The van der Waals surface area contributed by atoms with E-state index in [0.29, 0.717) is 31.0 Å². The van der Waals surface area contributed by atoms with E-state index in [4.69, 9.17) is 4.74 Å². The summed E-state index contributed by atoms with van der Waals surface area (Å²) in [4.78, 5) is 18.5. The Morgan fingerprint density at radius 2 is 2.04 bits per heavy atom. The Balaban J connectivity index is 1.95. The van der Waals surface area contributed by atoms with Gasteiger partial charge in [-0.15, -0.1) is 0 Å². The Hall–Kier alpha value is -2.42. The van der Waals surface area contributed by atoms with Crippen LogP contribution in [0.1, 0.15) is 48.3 Å². The SMILES string of the molecule is CC1CN(C(=O)c2cnn(-c3ccc(C(F)(F)F)cn3)c2C(C)C)CCO1. The summed E-state index contributed by atoms with van der Waals surface area (Å²) in [7, 11) is 0.